The van der Waals surface area contributed by atoms with Gasteiger partial charge in [-0.3, -0.25) is 4.79 Å². The summed E-state index contributed by atoms with van der Waals surface area (Å²) in [5.41, 5.74) is 6.45. The number of ether oxygens (including phenoxy) is 1. The lowest BCUT2D eigenvalue weighted by atomic mass is 9.98. The van der Waals surface area contributed by atoms with Crippen LogP contribution in [-0.4, -0.2) is 22.9 Å². The van der Waals surface area contributed by atoms with Gasteiger partial charge < -0.3 is 15.4 Å². The summed E-state index contributed by atoms with van der Waals surface area (Å²) in [5, 5.41) is 6.93. The maximum absolute atomic E-state index is 11.6. The number of carbonyl (C=O) groups excluding carboxylic acids is 1. The Morgan fingerprint density at radius 2 is 1.68 bits per heavy atom. The molecule has 0 fully saturated rings. The van der Waals surface area contributed by atoms with Gasteiger partial charge in [0.05, 0.1) is 19.0 Å². The number of carbonyl (C=O) groups is 1. The Kier molecular flexibility index (Phi) is 6.80. The molecule has 0 atom stereocenters. The van der Waals surface area contributed by atoms with Crippen molar-refractivity contribution in [2.75, 3.05) is 17.7 Å². The van der Waals surface area contributed by atoms with Crippen LogP contribution in [0.4, 0.5) is 23.1 Å². The summed E-state index contributed by atoms with van der Waals surface area (Å²) >= 11 is 6.34. The lowest BCUT2D eigenvalue weighted by molar-refractivity contribution is 0.101. The quantitative estimate of drug-likeness (QED) is 0.279. The van der Waals surface area contributed by atoms with Crippen molar-refractivity contribution in [3.63, 3.8) is 0 Å². The Labute approximate surface area is 204 Å². The summed E-state index contributed by atoms with van der Waals surface area (Å²) in [6.07, 6.45) is 1.56. The van der Waals surface area contributed by atoms with E-state index in [1.165, 1.54) is 0 Å². The van der Waals surface area contributed by atoms with Crippen molar-refractivity contribution in [1.29, 1.82) is 0 Å². The number of hydrogen-bond acceptors (Lipinski definition) is 6. The van der Waals surface area contributed by atoms with Gasteiger partial charge in [-0.05, 0) is 61.2 Å². The molecule has 0 radical (unpaired) electrons. The van der Waals surface area contributed by atoms with E-state index >= 15 is 0 Å². The summed E-state index contributed by atoms with van der Waals surface area (Å²) in [5.74, 6) is 1.57. The number of aromatic nitrogens is 2. The van der Waals surface area contributed by atoms with Gasteiger partial charge in [0.1, 0.15) is 10.8 Å². The van der Waals surface area contributed by atoms with Crippen molar-refractivity contribution in [3.05, 3.63) is 88.6 Å². The number of rotatable bonds is 7. The van der Waals surface area contributed by atoms with Crippen LogP contribution >= 0.6 is 11.6 Å². The summed E-state index contributed by atoms with van der Waals surface area (Å²) in [6, 6.07) is 19.4. The molecule has 7 heteroatoms. The van der Waals surface area contributed by atoms with Crippen molar-refractivity contribution in [2.24, 2.45) is 0 Å². The minimum absolute atomic E-state index is 0.0413. The molecule has 2 N–H and O–H groups in total. The normalized spacial score (nSPS) is 10.6. The first kappa shape index (κ1) is 23.3. The molecule has 0 bridgehead atoms. The molecule has 4 rings (SSSR count). The highest BCUT2D eigenvalue weighted by molar-refractivity contribution is 6.32. The predicted molar refractivity (Wildman–Crippen MR) is 138 cm³/mol. The molecule has 1 heterocycles. The molecule has 0 spiro atoms. The molecule has 0 aliphatic rings. The van der Waals surface area contributed by atoms with E-state index in [9.17, 15) is 4.79 Å². The van der Waals surface area contributed by atoms with Gasteiger partial charge in [-0.15, -0.1) is 0 Å². The molecule has 34 heavy (non-hydrogen) atoms. The smallest absolute Gasteiger partial charge is 0.229 e. The van der Waals surface area contributed by atoms with E-state index in [2.05, 4.69) is 20.6 Å². The standard InChI is InChI=1S/C27H25ClN4O2/c1-16-7-5-6-8-23(16)30-26-22(28)15-29-27(32-26)31-24-13-17(2)21(14-25(24)34-4)20-11-9-19(10-12-20)18(3)33/h5-15H,1-4H3,(H2,29,30,31,32). The molecule has 0 saturated heterocycles. The average molecular weight is 473 g/mol. The lowest BCUT2D eigenvalue weighted by Crippen LogP contribution is -2.03. The number of ketones is 1. The Morgan fingerprint density at radius 1 is 0.941 bits per heavy atom. The molecule has 0 unspecified atom stereocenters. The van der Waals surface area contributed by atoms with Crippen molar-refractivity contribution in [1.82, 2.24) is 9.97 Å². The zero-order chi connectivity index (χ0) is 24.2. The van der Waals surface area contributed by atoms with Crippen LogP contribution in [0.2, 0.25) is 5.02 Å². The van der Waals surface area contributed by atoms with Gasteiger partial charge in [0, 0.05) is 11.3 Å². The minimum atomic E-state index is 0.0413. The average Bonchev–Trinajstić information content (AvgIpc) is 2.83. The summed E-state index contributed by atoms with van der Waals surface area (Å²) in [6.45, 7) is 5.59. The van der Waals surface area contributed by atoms with E-state index in [-0.39, 0.29) is 5.78 Å². The highest BCUT2D eigenvalue weighted by atomic mass is 35.5. The molecular weight excluding hydrogens is 448 g/mol. The van der Waals surface area contributed by atoms with Gasteiger partial charge in [0.25, 0.3) is 0 Å². The Morgan fingerprint density at radius 3 is 2.35 bits per heavy atom. The van der Waals surface area contributed by atoms with E-state index in [4.69, 9.17) is 16.3 Å². The largest absolute Gasteiger partial charge is 0.495 e. The van der Waals surface area contributed by atoms with Gasteiger partial charge in [-0.2, -0.15) is 4.98 Å². The van der Waals surface area contributed by atoms with E-state index in [1.807, 2.05) is 74.5 Å². The molecule has 4 aromatic rings. The number of benzene rings is 3. The van der Waals surface area contributed by atoms with Gasteiger partial charge >= 0.3 is 0 Å². The van der Waals surface area contributed by atoms with Crippen molar-refractivity contribution in [2.45, 2.75) is 20.8 Å². The van der Waals surface area contributed by atoms with E-state index in [0.29, 0.717) is 28.1 Å². The van der Waals surface area contributed by atoms with E-state index < -0.39 is 0 Å². The third kappa shape index (κ3) is 5.02. The molecule has 0 amide bonds. The number of methoxy groups -OCH3 is 1. The second-order valence-corrected chi connectivity index (χ2v) is 8.36. The highest BCUT2D eigenvalue weighted by Gasteiger charge is 2.13. The van der Waals surface area contributed by atoms with Crippen LogP contribution in [0.25, 0.3) is 11.1 Å². The van der Waals surface area contributed by atoms with Crippen LogP contribution in [0.15, 0.2) is 66.9 Å². The Hall–Kier alpha value is -3.90. The maximum atomic E-state index is 11.6. The van der Waals surface area contributed by atoms with Gasteiger partial charge in [-0.25, -0.2) is 4.98 Å². The van der Waals surface area contributed by atoms with Crippen LogP contribution in [0.1, 0.15) is 28.4 Å². The molecule has 1 aromatic heterocycles. The third-order valence-electron chi connectivity index (χ3n) is 5.54. The van der Waals surface area contributed by atoms with E-state index in [0.717, 1.165) is 33.6 Å². The van der Waals surface area contributed by atoms with Crippen molar-refractivity contribution < 1.29 is 9.53 Å². The number of anilines is 4. The van der Waals surface area contributed by atoms with Crippen molar-refractivity contribution in [3.8, 4) is 16.9 Å². The number of aryl methyl sites for hydroxylation is 2. The van der Waals surface area contributed by atoms with Gasteiger partial charge in [0.2, 0.25) is 5.95 Å². The minimum Gasteiger partial charge on any atom is -0.495 e. The van der Waals surface area contributed by atoms with E-state index in [1.54, 1.807) is 20.2 Å². The van der Waals surface area contributed by atoms with Gasteiger partial charge in [-0.1, -0.05) is 54.1 Å². The zero-order valence-electron chi connectivity index (χ0n) is 19.4. The zero-order valence-corrected chi connectivity index (χ0v) is 20.2. The first-order chi connectivity index (χ1) is 16.4. The lowest BCUT2D eigenvalue weighted by Gasteiger charge is -2.16. The number of Topliss-reactive ketones (excluding diaryl/α,β-unsaturated/α-hetero) is 1. The Balaban J connectivity index is 1.63. The van der Waals surface area contributed by atoms with Crippen LogP contribution in [0.5, 0.6) is 5.75 Å². The first-order valence-corrected chi connectivity index (χ1v) is 11.2. The van der Waals surface area contributed by atoms with Crippen LogP contribution in [0, 0.1) is 13.8 Å². The van der Waals surface area contributed by atoms with Gasteiger partial charge in [0.15, 0.2) is 11.6 Å². The highest BCUT2D eigenvalue weighted by Crippen LogP contribution is 2.36. The summed E-state index contributed by atoms with van der Waals surface area (Å²) < 4.78 is 5.65. The number of nitrogens with one attached hydrogen (secondary N) is 2. The monoisotopic (exact) mass is 472 g/mol. The molecule has 3 aromatic carbocycles. The SMILES string of the molecule is COc1cc(-c2ccc(C(C)=O)cc2)c(C)cc1Nc1ncc(Cl)c(Nc2ccccc2C)n1. The second-order valence-electron chi connectivity index (χ2n) is 7.96. The third-order valence-corrected chi connectivity index (χ3v) is 5.81. The number of nitrogens with zero attached hydrogens (tertiary/aromatic N) is 2. The predicted octanol–water partition coefficient (Wildman–Crippen LogP) is 7.11. The number of para-hydroxylation sites is 1. The summed E-state index contributed by atoms with van der Waals surface area (Å²) in [7, 11) is 1.62. The molecule has 0 saturated carbocycles. The summed E-state index contributed by atoms with van der Waals surface area (Å²) in [4.78, 5) is 20.5. The maximum Gasteiger partial charge on any atom is 0.229 e. The molecule has 6 nitrogen and oxygen atoms in total. The van der Waals surface area contributed by atoms with Crippen molar-refractivity contribution >= 4 is 40.5 Å². The Bertz CT molecular complexity index is 1350. The second kappa shape index (κ2) is 9.93. The molecule has 0 aliphatic carbocycles. The van der Waals surface area contributed by atoms with Crippen LogP contribution in [0.3, 0.4) is 0 Å². The number of hydrogen-bond donors (Lipinski definition) is 2. The molecule has 172 valence electrons. The first-order valence-electron chi connectivity index (χ1n) is 10.8. The number of halogens is 1. The van der Waals surface area contributed by atoms with Crippen LogP contribution < -0.4 is 15.4 Å². The topological polar surface area (TPSA) is 76.1 Å². The fourth-order valence-corrected chi connectivity index (χ4v) is 3.76. The fourth-order valence-electron chi connectivity index (χ4n) is 3.63. The molecular formula is C27H25ClN4O2. The fraction of sp³-hybridized carbons (Fsp3) is 0.148. The molecule has 0 aliphatic heterocycles. The van der Waals surface area contributed by atoms with Crippen LogP contribution in [-0.2, 0) is 0 Å².